The molecule has 0 heterocycles. The number of ether oxygens (including phenoxy) is 1. The predicted molar refractivity (Wildman–Crippen MR) is 62.2 cm³/mol. The lowest BCUT2D eigenvalue weighted by molar-refractivity contribution is -0.143. The highest BCUT2D eigenvalue weighted by Crippen LogP contribution is 2.21. The molecule has 4 heteroatoms. The van der Waals surface area contributed by atoms with Gasteiger partial charge in [-0.25, -0.2) is 0 Å². The van der Waals surface area contributed by atoms with Gasteiger partial charge in [0.2, 0.25) is 0 Å². The van der Waals surface area contributed by atoms with Gasteiger partial charge in [-0.2, -0.15) is 0 Å². The second kappa shape index (κ2) is 7.04. The van der Waals surface area contributed by atoms with Crippen LogP contribution < -0.4 is 0 Å². The molecule has 0 aromatic carbocycles. The summed E-state index contributed by atoms with van der Waals surface area (Å²) in [6.45, 7) is 2.28. The van der Waals surface area contributed by atoms with Crippen molar-refractivity contribution in [3.8, 4) is 0 Å². The van der Waals surface area contributed by atoms with Crippen LogP contribution in [0.25, 0.3) is 0 Å². The van der Waals surface area contributed by atoms with Crippen LogP contribution in [0.5, 0.6) is 0 Å². The van der Waals surface area contributed by atoms with Gasteiger partial charge in [-0.15, -0.1) is 0 Å². The number of esters is 1. The Balaban J connectivity index is 2.27. The van der Waals surface area contributed by atoms with Crippen LogP contribution in [-0.2, 0) is 14.4 Å². The number of carbonyl (C=O) groups excluding carboxylic acids is 1. The highest BCUT2D eigenvalue weighted by Gasteiger charge is 2.14. The molecule has 90 valence electrons. The van der Waals surface area contributed by atoms with Crippen molar-refractivity contribution in [2.75, 3.05) is 13.7 Å². The van der Waals surface area contributed by atoms with Gasteiger partial charge in [0.25, 0.3) is 0 Å². The largest absolute Gasteiger partial charge is 0.466 e. The normalized spacial score (nSPS) is 17.4. The summed E-state index contributed by atoms with van der Waals surface area (Å²) in [5.74, 6) is -0.119. The third-order valence-electron chi connectivity index (χ3n) is 2.48. The molecule has 1 rings (SSSR count). The molecule has 0 aromatic rings. The van der Waals surface area contributed by atoms with E-state index in [-0.39, 0.29) is 5.97 Å². The van der Waals surface area contributed by atoms with Gasteiger partial charge < -0.3 is 9.57 Å². The molecule has 0 saturated heterocycles. The van der Waals surface area contributed by atoms with Crippen molar-refractivity contribution in [3.05, 3.63) is 11.6 Å². The van der Waals surface area contributed by atoms with E-state index < -0.39 is 0 Å². The molecule has 4 nitrogen and oxygen atoms in total. The van der Waals surface area contributed by atoms with Gasteiger partial charge in [0.05, 0.1) is 12.3 Å². The van der Waals surface area contributed by atoms with E-state index in [0.29, 0.717) is 13.0 Å². The van der Waals surface area contributed by atoms with Crippen LogP contribution in [-0.4, -0.2) is 25.4 Å². The minimum absolute atomic E-state index is 0.119. The first-order valence-electron chi connectivity index (χ1n) is 5.73. The molecule has 0 spiro atoms. The van der Waals surface area contributed by atoms with E-state index in [1.807, 2.05) is 6.92 Å². The van der Waals surface area contributed by atoms with E-state index in [9.17, 15) is 4.79 Å². The van der Waals surface area contributed by atoms with E-state index in [2.05, 4.69) is 11.2 Å². The maximum atomic E-state index is 11.1. The molecule has 0 bridgehead atoms. The summed E-state index contributed by atoms with van der Waals surface area (Å²) >= 11 is 0. The van der Waals surface area contributed by atoms with Crippen molar-refractivity contribution >= 4 is 11.7 Å². The van der Waals surface area contributed by atoms with Crippen LogP contribution >= 0.6 is 0 Å². The lowest BCUT2D eigenvalue weighted by Crippen LogP contribution is -2.04. The summed E-state index contributed by atoms with van der Waals surface area (Å²) in [7, 11) is 1.56. The van der Waals surface area contributed by atoms with Gasteiger partial charge in [-0.1, -0.05) is 11.2 Å². The Bertz CT molecular complexity index is 295. The fourth-order valence-electron chi connectivity index (χ4n) is 1.78. The zero-order valence-corrected chi connectivity index (χ0v) is 9.99. The van der Waals surface area contributed by atoms with Crippen molar-refractivity contribution in [3.63, 3.8) is 0 Å². The van der Waals surface area contributed by atoms with Gasteiger partial charge in [-0.05, 0) is 38.2 Å². The summed E-state index contributed by atoms with van der Waals surface area (Å²) in [6.07, 6.45) is 6.31. The second-order valence-corrected chi connectivity index (χ2v) is 3.65. The summed E-state index contributed by atoms with van der Waals surface area (Å²) in [4.78, 5) is 15.9. The van der Waals surface area contributed by atoms with E-state index >= 15 is 0 Å². The molecule has 16 heavy (non-hydrogen) atoms. The SMILES string of the molecule is CCOC(=O)CCCC1=CCC/C1=N/OC. The van der Waals surface area contributed by atoms with Gasteiger partial charge in [0.15, 0.2) is 0 Å². The molecule has 0 unspecified atom stereocenters. The average molecular weight is 225 g/mol. The van der Waals surface area contributed by atoms with Crippen LogP contribution in [0.1, 0.15) is 39.0 Å². The molecule has 0 radical (unpaired) electrons. The number of allylic oxidation sites excluding steroid dienone is 2. The smallest absolute Gasteiger partial charge is 0.305 e. The summed E-state index contributed by atoms with van der Waals surface area (Å²) in [6, 6.07) is 0. The zero-order valence-electron chi connectivity index (χ0n) is 9.99. The van der Waals surface area contributed by atoms with Gasteiger partial charge in [-0.3, -0.25) is 4.79 Å². The molecule has 1 aliphatic carbocycles. The van der Waals surface area contributed by atoms with Crippen molar-refractivity contribution in [2.45, 2.75) is 39.0 Å². The van der Waals surface area contributed by atoms with Crippen molar-refractivity contribution < 1.29 is 14.4 Å². The maximum Gasteiger partial charge on any atom is 0.305 e. The second-order valence-electron chi connectivity index (χ2n) is 3.65. The summed E-state index contributed by atoms with van der Waals surface area (Å²) in [5.41, 5.74) is 2.23. The molecule has 0 amide bonds. The van der Waals surface area contributed by atoms with Crippen molar-refractivity contribution in [1.82, 2.24) is 0 Å². The number of carbonyl (C=O) groups is 1. The quantitative estimate of drug-likeness (QED) is 0.515. The van der Waals surface area contributed by atoms with E-state index in [4.69, 9.17) is 9.57 Å². The van der Waals surface area contributed by atoms with E-state index in [0.717, 1.165) is 31.4 Å². The van der Waals surface area contributed by atoms with Gasteiger partial charge >= 0.3 is 5.97 Å². The maximum absolute atomic E-state index is 11.1. The van der Waals surface area contributed by atoms with Crippen molar-refractivity contribution in [2.24, 2.45) is 5.16 Å². The lowest BCUT2D eigenvalue weighted by atomic mass is 10.1. The monoisotopic (exact) mass is 225 g/mol. The Morgan fingerprint density at radius 1 is 1.56 bits per heavy atom. The van der Waals surface area contributed by atoms with Gasteiger partial charge in [0.1, 0.15) is 7.11 Å². The first-order valence-corrected chi connectivity index (χ1v) is 5.73. The standard InChI is InChI=1S/C12H19NO3/c1-3-16-12(14)9-5-7-10-6-4-8-11(10)13-15-2/h6H,3-5,7-9H2,1-2H3/b13-11-. The minimum atomic E-state index is -0.119. The molecular formula is C12H19NO3. The van der Waals surface area contributed by atoms with Crippen LogP contribution in [0.3, 0.4) is 0 Å². The lowest BCUT2D eigenvalue weighted by Gasteiger charge is -2.04. The van der Waals surface area contributed by atoms with Crippen LogP contribution in [0.15, 0.2) is 16.8 Å². The third-order valence-corrected chi connectivity index (χ3v) is 2.48. The minimum Gasteiger partial charge on any atom is -0.466 e. The summed E-state index contributed by atoms with van der Waals surface area (Å²) < 4.78 is 4.87. The van der Waals surface area contributed by atoms with Crippen LogP contribution in [0.2, 0.25) is 0 Å². The Hall–Kier alpha value is -1.32. The Labute approximate surface area is 96.3 Å². The molecule has 0 N–H and O–H groups in total. The van der Waals surface area contributed by atoms with Crippen LogP contribution in [0, 0.1) is 0 Å². The number of hydrogen-bond acceptors (Lipinski definition) is 4. The third kappa shape index (κ3) is 4.04. The topological polar surface area (TPSA) is 47.9 Å². The number of oxime groups is 1. The molecule has 0 aromatic heterocycles. The Morgan fingerprint density at radius 2 is 2.38 bits per heavy atom. The van der Waals surface area contributed by atoms with Crippen molar-refractivity contribution in [1.29, 1.82) is 0 Å². The highest BCUT2D eigenvalue weighted by molar-refractivity contribution is 6.01. The predicted octanol–water partition coefficient (Wildman–Crippen LogP) is 2.44. The zero-order chi connectivity index (χ0) is 11.8. The first kappa shape index (κ1) is 12.7. The first-order chi connectivity index (χ1) is 7.77. The molecule has 1 aliphatic rings. The highest BCUT2D eigenvalue weighted by atomic mass is 16.6. The number of hydrogen-bond donors (Lipinski definition) is 0. The Morgan fingerprint density at radius 3 is 3.06 bits per heavy atom. The summed E-state index contributed by atoms with van der Waals surface area (Å²) in [5, 5.41) is 3.97. The van der Waals surface area contributed by atoms with E-state index in [1.165, 1.54) is 5.57 Å². The molecule has 0 saturated carbocycles. The molecular weight excluding hydrogens is 206 g/mol. The van der Waals surface area contributed by atoms with Gasteiger partial charge in [0, 0.05) is 6.42 Å². The number of rotatable bonds is 6. The molecule has 0 atom stereocenters. The Kier molecular flexibility index (Phi) is 5.61. The average Bonchev–Trinajstić information content (AvgIpc) is 2.67. The van der Waals surface area contributed by atoms with E-state index in [1.54, 1.807) is 7.11 Å². The fourth-order valence-corrected chi connectivity index (χ4v) is 1.78. The number of nitrogens with zero attached hydrogens (tertiary/aromatic N) is 1. The van der Waals surface area contributed by atoms with Crippen LogP contribution in [0.4, 0.5) is 0 Å². The fraction of sp³-hybridized carbons (Fsp3) is 0.667. The molecule has 0 aliphatic heterocycles. The molecule has 0 fully saturated rings.